The highest BCUT2D eigenvalue weighted by Crippen LogP contribution is 1.97. The van der Waals surface area contributed by atoms with Crippen molar-refractivity contribution in [3.63, 3.8) is 0 Å². The van der Waals surface area contributed by atoms with Crippen LogP contribution in [0.1, 0.15) is 10.5 Å². The lowest BCUT2D eigenvalue weighted by molar-refractivity contribution is 0.111. The number of aromatic nitrogens is 3. The molecule has 2 heterocycles. The first-order valence-electron chi connectivity index (χ1n) is 3.16. The Balaban J connectivity index is 2.76. The Bertz CT molecular complexity index is 393. The predicted octanol–water partition coefficient (Wildman–Crippen LogP) is 0.542. The molecule has 54 valence electrons. The first-order valence-corrected chi connectivity index (χ1v) is 3.16. The lowest BCUT2D eigenvalue weighted by atomic mass is 10.4. The molecule has 4 nitrogen and oxygen atoms in total. The number of carbonyl (C=O) groups is 1. The number of rotatable bonds is 1. The first-order chi connectivity index (χ1) is 5.40. The van der Waals surface area contributed by atoms with Crippen LogP contribution < -0.4 is 0 Å². The van der Waals surface area contributed by atoms with E-state index >= 15 is 0 Å². The molecule has 0 bridgehead atoms. The van der Waals surface area contributed by atoms with Gasteiger partial charge < -0.3 is 0 Å². The van der Waals surface area contributed by atoms with Crippen molar-refractivity contribution in [2.24, 2.45) is 0 Å². The van der Waals surface area contributed by atoms with Crippen LogP contribution in [0.25, 0.3) is 5.65 Å². The first kappa shape index (κ1) is 6.03. The van der Waals surface area contributed by atoms with Crippen molar-refractivity contribution in [2.75, 3.05) is 0 Å². The van der Waals surface area contributed by atoms with Crippen LogP contribution in [0.15, 0.2) is 24.5 Å². The summed E-state index contributed by atoms with van der Waals surface area (Å²) in [4.78, 5) is 14.3. The van der Waals surface area contributed by atoms with Crippen LogP contribution in [0.5, 0.6) is 0 Å². The molecule has 0 spiro atoms. The van der Waals surface area contributed by atoms with Gasteiger partial charge in [-0.15, -0.1) is 0 Å². The minimum absolute atomic E-state index is 0.413. The summed E-state index contributed by atoms with van der Waals surface area (Å²) in [5.41, 5.74) is 1.16. The largest absolute Gasteiger partial charge is 0.296 e. The molecule has 0 aliphatic rings. The zero-order chi connectivity index (χ0) is 7.68. The van der Waals surface area contributed by atoms with Gasteiger partial charge in [-0.3, -0.25) is 4.79 Å². The van der Waals surface area contributed by atoms with Gasteiger partial charge in [0.05, 0.1) is 0 Å². The Morgan fingerprint density at radius 3 is 3.18 bits per heavy atom. The fourth-order valence-corrected chi connectivity index (χ4v) is 0.893. The van der Waals surface area contributed by atoms with Crippen molar-refractivity contribution in [3.05, 3.63) is 30.2 Å². The summed E-state index contributed by atoms with van der Waals surface area (Å²) in [7, 11) is 0. The maximum atomic E-state index is 10.3. The van der Waals surface area contributed by atoms with E-state index in [1.54, 1.807) is 29.0 Å². The summed E-state index contributed by atoms with van der Waals surface area (Å²) in [6.45, 7) is 0. The molecule has 11 heavy (non-hydrogen) atoms. The summed E-state index contributed by atoms with van der Waals surface area (Å²) < 4.78 is 1.56. The van der Waals surface area contributed by atoms with Crippen LogP contribution >= 0.6 is 0 Å². The van der Waals surface area contributed by atoms with E-state index in [9.17, 15) is 4.79 Å². The molecule has 0 aromatic carbocycles. The van der Waals surface area contributed by atoms with Crippen LogP contribution in [-0.4, -0.2) is 20.9 Å². The van der Waals surface area contributed by atoms with Gasteiger partial charge in [-0.2, -0.15) is 5.10 Å². The number of nitrogens with zero attached hydrogens (tertiary/aromatic N) is 3. The normalized spacial score (nSPS) is 10.2. The zero-order valence-corrected chi connectivity index (χ0v) is 5.64. The molecule has 0 saturated heterocycles. The Hall–Kier alpha value is -1.71. The monoisotopic (exact) mass is 147 g/mol. The molecule has 0 unspecified atom stereocenters. The summed E-state index contributed by atoms with van der Waals surface area (Å²) in [6, 6.07) is 3.38. The predicted molar refractivity (Wildman–Crippen MR) is 38.4 cm³/mol. The van der Waals surface area contributed by atoms with E-state index < -0.39 is 0 Å². The average Bonchev–Trinajstić information content (AvgIpc) is 2.50. The SMILES string of the molecule is O=Cc1ccc2nccn2n1. The highest BCUT2D eigenvalue weighted by Gasteiger charge is 1.94. The molecule has 2 rings (SSSR count). The fraction of sp³-hybridized carbons (Fsp3) is 0. The lowest BCUT2D eigenvalue weighted by Crippen LogP contribution is -1.94. The van der Waals surface area contributed by atoms with Crippen LogP contribution in [0.3, 0.4) is 0 Å². The fourth-order valence-electron chi connectivity index (χ4n) is 0.893. The van der Waals surface area contributed by atoms with Crippen LogP contribution in [0, 0.1) is 0 Å². The minimum Gasteiger partial charge on any atom is -0.296 e. The third-order valence-electron chi connectivity index (χ3n) is 1.40. The highest BCUT2D eigenvalue weighted by atomic mass is 16.1. The molecule has 0 aliphatic carbocycles. The van der Waals surface area contributed by atoms with E-state index in [0.717, 1.165) is 5.65 Å². The molecule has 0 saturated carbocycles. The number of imidazole rings is 1. The molecule has 0 aliphatic heterocycles. The van der Waals surface area contributed by atoms with E-state index in [0.29, 0.717) is 12.0 Å². The number of hydrogen-bond acceptors (Lipinski definition) is 3. The molecule has 0 atom stereocenters. The lowest BCUT2D eigenvalue weighted by Gasteiger charge is -1.91. The molecule has 2 aromatic heterocycles. The van der Waals surface area contributed by atoms with E-state index in [2.05, 4.69) is 10.1 Å². The molecule has 2 aromatic rings. The Morgan fingerprint density at radius 1 is 1.45 bits per heavy atom. The van der Waals surface area contributed by atoms with Crippen molar-refractivity contribution in [1.29, 1.82) is 0 Å². The van der Waals surface area contributed by atoms with Crippen molar-refractivity contribution in [2.45, 2.75) is 0 Å². The van der Waals surface area contributed by atoms with Gasteiger partial charge in [-0.25, -0.2) is 9.50 Å². The second kappa shape index (κ2) is 2.16. The quantitative estimate of drug-likeness (QED) is 0.553. The molecule has 0 radical (unpaired) electrons. The number of aldehydes is 1. The van der Waals surface area contributed by atoms with Gasteiger partial charge in [0, 0.05) is 12.4 Å². The zero-order valence-electron chi connectivity index (χ0n) is 5.64. The summed E-state index contributed by atoms with van der Waals surface area (Å²) in [5.74, 6) is 0. The topological polar surface area (TPSA) is 47.3 Å². The Labute approximate surface area is 62.5 Å². The molecular weight excluding hydrogens is 142 g/mol. The van der Waals surface area contributed by atoms with Gasteiger partial charge in [0.1, 0.15) is 5.69 Å². The second-order valence-corrected chi connectivity index (χ2v) is 2.11. The maximum Gasteiger partial charge on any atom is 0.170 e. The number of carbonyl (C=O) groups excluding carboxylic acids is 1. The van der Waals surface area contributed by atoms with E-state index in [4.69, 9.17) is 0 Å². The maximum absolute atomic E-state index is 10.3. The smallest absolute Gasteiger partial charge is 0.170 e. The van der Waals surface area contributed by atoms with Gasteiger partial charge >= 0.3 is 0 Å². The Morgan fingerprint density at radius 2 is 2.36 bits per heavy atom. The van der Waals surface area contributed by atoms with Gasteiger partial charge in [0.2, 0.25) is 0 Å². The van der Waals surface area contributed by atoms with Gasteiger partial charge in [0.25, 0.3) is 0 Å². The van der Waals surface area contributed by atoms with Crippen molar-refractivity contribution in [1.82, 2.24) is 14.6 Å². The third-order valence-corrected chi connectivity index (χ3v) is 1.40. The molecule has 0 fully saturated rings. The van der Waals surface area contributed by atoms with Gasteiger partial charge in [-0.1, -0.05) is 0 Å². The molecule has 0 N–H and O–H groups in total. The van der Waals surface area contributed by atoms with Crippen molar-refractivity contribution in [3.8, 4) is 0 Å². The summed E-state index contributed by atoms with van der Waals surface area (Å²) in [5, 5.41) is 3.94. The van der Waals surface area contributed by atoms with E-state index in [-0.39, 0.29) is 0 Å². The van der Waals surface area contributed by atoms with Crippen LogP contribution in [0.2, 0.25) is 0 Å². The van der Waals surface area contributed by atoms with E-state index in [1.807, 2.05) is 0 Å². The highest BCUT2D eigenvalue weighted by molar-refractivity contribution is 5.71. The number of hydrogen-bond donors (Lipinski definition) is 0. The van der Waals surface area contributed by atoms with Crippen LogP contribution in [0.4, 0.5) is 0 Å². The number of fused-ring (bicyclic) bond motifs is 1. The van der Waals surface area contributed by atoms with Crippen molar-refractivity contribution < 1.29 is 4.79 Å². The second-order valence-electron chi connectivity index (χ2n) is 2.11. The van der Waals surface area contributed by atoms with Crippen molar-refractivity contribution >= 4 is 11.9 Å². The summed E-state index contributed by atoms with van der Waals surface area (Å²) >= 11 is 0. The molecule has 4 heteroatoms. The van der Waals surface area contributed by atoms with Crippen LogP contribution in [-0.2, 0) is 0 Å². The van der Waals surface area contributed by atoms with E-state index in [1.165, 1.54) is 0 Å². The summed E-state index contributed by atoms with van der Waals surface area (Å²) in [6.07, 6.45) is 4.04. The van der Waals surface area contributed by atoms with Gasteiger partial charge in [0.15, 0.2) is 11.9 Å². The third kappa shape index (κ3) is 0.881. The average molecular weight is 147 g/mol. The molecule has 0 amide bonds. The molecular formula is C7H5N3O. The Kier molecular flexibility index (Phi) is 1.18. The standard InChI is InChI=1S/C7H5N3O/c11-5-6-1-2-7-8-3-4-10(7)9-6/h1-5H. The minimum atomic E-state index is 0.413. The van der Waals surface area contributed by atoms with Gasteiger partial charge in [-0.05, 0) is 12.1 Å².